The largest absolute Gasteiger partial charge is 0.463 e. The summed E-state index contributed by atoms with van der Waals surface area (Å²) in [6, 6.07) is 0. The summed E-state index contributed by atoms with van der Waals surface area (Å²) < 4.78 is 10.3. The van der Waals surface area contributed by atoms with Crippen LogP contribution in [-0.2, 0) is 23.9 Å². The van der Waals surface area contributed by atoms with E-state index in [1.54, 1.807) is 13.8 Å². The maximum absolute atomic E-state index is 11.7. The van der Waals surface area contributed by atoms with Crippen LogP contribution in [0.15, 0.2) is 12.2 Å². The average molecular weight is 312 g/mol. The first kappa shape index (κ1) is 18.4. The molecule has 0 radical (unpaired) electrons. The fraction of sp³-hybridized carbons (Fsp3) is 0.688. The summed E-state index contributed by atoms with van der Waals surface area (Å²) >= 11 is 0. The van der Waals surface area contributed by atoms with Gasteiger partial charge in [0.2, 0.25) is 0 Å². The van der Waals surface area contributed by atoms with Crippen molar-refractivity contribution in [1.82, 2.24) is 0 Å². The van der Waals surface area contributed by atoms with Crippen molar-refractivity contribution in [1.29, 1.82) is 0 Å². The molecule has 0 unspecified atom stereocenters. The molecule has 0 spiro atoms. The Balaban J connectivity index is 2.65. The average Bonchev–Trinajstić information content (AvgIpc) is 2.46. The first-order valence-electron chi connectivity index (χ1n) is 7.65. The van der Waals surface area contributed by atoms with Crippen molar-refractivity contribution >= 4 is 17.7 Å². The van der Waals surface area contributed by atoms with Gasteiger partial charge < -0.3 is 14.6 Å². The van der Waals surface area contributed by atoms with E-state index in [-0.39, 0.29) is 31.1 Å². The maximum Gasteiger partial charge on any atom is 0.330 e. The Labute approximate surface area is 130 Å². The van der Waals surface area contributed by atoms with E-state index in [1.807, 2.05) is 0 Å². The van der Waals surface area contributed by atoms with E-state index < -0.39 is 24.1 Å². The molecule has 3 atom stereocenters. The highest BCUT2D eigenvalue weighted by atomic mass is 16.5. The van der Waals surface area contributed by atoms with Crippen LogP contribution < -0.4 is 0 Å². The molecule has 0 aromatic carbocycles. The Morgan fingerprint density at radius 2 is 1.64 bits per heavy atom. The van der Waals surface area contributed by atoms with Gasteiger partial charge >= 0.3 is 11.9 Å². The van der Waals surface area contributed by atoms with Crippen LogP contribution in [0.3, 0.4) is 0 Å². The number of aliphatic hydroxyl groups is 1. The van der Waals surface area contributed by atoms with Gasteiger partial charge in [-0.25, -0.2) is 4.79 Å². The summed E-state index contributed by atoms with van der Waals surface area (Å²) in [6.07, 6.45) is 2.71. The second-order valence-corrected chi connectivity index (χ2v) is 5.63. The Hall–Kier alpha value is -1.69. The molecule has 0 bridgehead atoms. The smallest absolute Gasteiger partial charge is 0.330 e. The summed E-state index contributed by atoms with van der Waals surface area (Å²) in [5, 5.41) is 9.74. The summed E-state index contributed by atoms with van der Waals surface area (Å²) in [7, 11) is 0. The van der Waals surface area contributed by atoms with Crippen molar-refractivity contribution in [3.8, 4) is 0 Å². The number of carbonyl (C=O) groups excluding carboxylic acids is 3. The molecule has 0 saturated heterocycles. The number of ether oxygens (including phenoxy) is 2. The lowest BCUT2D eigenvalue weighted by atomic mass is 10.1. The van der Waals surface area contributed by atoms with E-state index >= 15 is 0 Å². The minimum absolute atomic E-state index is 0.0504. The summed E-state index contributed by atoms with van der Waals surface area (Å²) in [4.78, 5) is 34.8. The van der Waals surface area contributed by atoms with Crippen molar-refractivity contribution in [3.63, 3.8) is 0 Å². The Kier molecular flexibility index (Phi) is 7.80. The molecule has 6 nitrogen and oxygen atoms in total. The zero-order chi connectivity index (χ0) is 16.5. The van der Waals surface area contributed by atoms with Crippen molar-refractivity contribution in [2.45, 2.75) is 70.7 Å². The number of rotatable bonds is 0. The summed E-state index contributed by atoms with van der Waals surface area (Å²) in [5.41, 5.74) is 0. The fourth-order valence-electron chi connectivity index (χ4n) is 2.06. The minimum Gasteiger partial charge on any atom is -0.463 e. The van der Waals surface area contributed by atoms with Crippen molar-refractivity contribution in [2.24, 2.45) is 0 Å². The molecular formula is C16H24O6. The zero-order valence-electron chi connectivity index (χ0n) is 13.1. The van der Waals surface area contributed by atoms with E-state index in [9.17, 15) is 19.5 Å². The molecule has 1 aliphatic heterocycles. The molecule has 22 heavy (non-hydrogen) atoms. The SMILES string of the molecule is C[C@@H]1CCC(=O)CCC(=O)O[C@H](C)CC[C@@H](O)/C=C\C(=O)O1. The van der Waals surface area contributed by atoms with Crippen LogP contribution in [0.25, 0.3) is 0 Å². The third kappa shape index (κ3) is 7.93. The van der Waals surface area contributed by atoms with Crippen LogP contribution in [-0.4, -0.2) is 41.1 Å². The molecule has 0 amide bonds. The topological polar surface area (TPSA) is 89.9 Å². The van der Waals surface area contributed by atoms with E-state index in [1.165, 1.54) is 12.2 Å². The summed E-state index contributed by atoms with van der Waals surface area (Å²) in [5.74, 6) is -0.992. The molecule has 1 N–H and O–H groups in total. The van der Waals surface area contributed by atoms with Gasteiger partial charge in [0.25, 0.3) is 0 Å². The first-order chi connectivity index (χ1) is 10.4. The quantitative estimate of drug-likeness (QED) is 0.685. The Morgan fingerprint density at radius 1 is 0.955 bits per heavy atom. The van der Waals surface area contributed by atoms with Gasteiger partial charge in [-0.3, -0.25) is 9.59 Å². The number of Topliss-reactive ketones (excluding diaryl/α,β-unsaturated/α-hetero) is 1. The van der Waals surface area contributed by atoms with Crippen LogP contribution in [0.2, 0.25) is 0 Å². The van der Waals surface area contributed by atoms with Gasteiger partial charge in [0.05, 0.1) is 24.7 Å². The predicted molar refractivity (Wildman–Crippen MR) is 79.0 cm³/mol. The van der Waals surface area contributed by atoms with E-state index in [4.69, 9.17) is 9.47 Å². The van der Waals surface area contributed by atoms with Gasteiger partial charge in [-0.2, -0.15) is 0 Å². The molecule has 0 aliphatic carbocycles. The molecular weight excluding hydrogens is 288 g/mol. The number of cyclic esters (lactones) is 2. The highest BCUT2D eigenvalue weighted by molar-refractivity contribution is 5.83. The molecule has 0 aromatic rings. The second-order valence-electron chi connectivity index (χ2n) is 5.63. The van der Waals surface area contributed by atoms with Gasteiger partial charge in [0, 0.05) is 18.9 Å². The van der Waals surface area contributed by atoms with Crippen LogP contribution in [0.4, 0.5) is 0 Å². The van der Waals surface area contributed by atoms with E-state index in [0.717, 1.165) is 0 Å². The number of esters is 2. The molecule has 6 heteroatoms. The van der Waals surface area contributed by atoms with Crippen LogP contribution in [0.5, 0.6) is 0 Å². The predicted octanol–water partition coefficient (Wildman–Crippen LogP) is 1.69. The second kappa shape index (κ2) is 9.35. The van der Waals surface area contributed by atoms with E-state index in [2.05, 4.69) is 0 Å². The van der Waals surface area contributed by atoms with Gasteiger partial charge in [-0.05, 0) is 39.2 Å². The van der Waals surface area contributed by atoms with Gasteiger partial charge in [0.15, 0.2) is 0 Å². The third-order valence-electron chi connectivity index (χ3n) is 3.41. The molecule has 0 aromatic heterocycles. The number of carbonyl (C=O) groups is 3. The molecule has 1 aliphatic rings. The molecule has 1 heterocycles. The monoisotopic (exact) mass is 312 g/mol. The van der Waals surface area contributed by atoms with Gasteiger partial charge in [-0.15, -0.1) is 0 Å². The van der Waals surface area contributed by atoms with E-state index in [0.29, 0.717) is 19.3 Å². The first-order valence-corrected chi connectivity index (χ1v) is 7.65. The maximum atomic E-state index is 11.7. The normalized spacial score (nSPS) is 31.2. The Morgan fingerprint density at radius 3 is 2.36 bits per heavy atom. The van der Waals surface area contributed by atoms with Crippen LogP contribution >= 0.6 is 0 Å². The minimum atomic E-state index is -0.793. The standard InChI is InChI=1S/C16H24O6/c1-11-3-5-13(17)8-10-16(20)22-12(2)4-6-14(18)7-9-15(19)21-11/h7,9,11-12,14,18H,3-6,8,10H2,1-2H3/b9-7-/t11-,12-,14-/m1/s1. The van der Waals surface area contributed by atoms with Gasteiger partial charge in [-0.1, -0.05) is 0 Å². The fourth-order valence-corrected chi connectivity index (χ4v) is 2.06. The van der Waals surface area contributed by atoms with Crippen LogP contribution in [0.1, 0.15) is 52.4 Å². The number of hydrogen-bond donors (Lipinski definition) is 1. The Bertz CT molecular complexity index is 428. The molecule has 1 rings (SSSR count). The number of ketones is 1. The molecule has 0 saturated carbocycles. The lowest BCUT2D eigenvalue weighted by molar-refractivity contribution is -0.149. The van der Waals surface area contributed by atoms with Crippen LogP contribution in [0, 0.1) is 0 Å². The van der Waals surface area contributed by atoms with Crippen molar-refractivity contribution in [3.05, 3.63) is 12.2 Å². The lowest BCUT2D eigenvalue weighted by Crippen LogP contribution is -2.19. The third-order valence-corrected chi connectivity index (χ3v) is 3.41. The zero-order valence-corrected chi connectivity index (χ0v) is 13.1. The van der Waals surface area contributed by atoms with Crippen molar-refractivity contribution in [2.75, 3.05) is 0 Å². The summed E-state index contributed by atoms with van der Waals surface area (Å²) in [6.45, 7) is 3.43. The highest BCUT2D eigenvalue weighted by Gasteiger charge is 2.15. The highest BCUT2D eigenvalue weighted by Crippen LogP contribution is 2.11. The van der Waals surface area contributed by atoms with Gasteiger partial charge in [0.1, 0.15) is 5.78 Å². The van der Waals surface area contributed by atoms with Crippen molar-refractivity contribution < 1.29 is 29.0 Å². The molecule has 0 fully saturated rings. The number of hydrogen-bond acceptors (Lipinski definition) is 6. The lowest BCUT2D eigenvalue weighted by Gasteiger charge is -2.15. The molecule has 124 valence electrons. The number of aliphatic hydroxyl groups excluding tert-OH is 1.